The smallest absolute Gasteiger partial charge is 0.255 e. The van der Waals surface area contributed by atoms with Gasteiger partial charge in [0.1, 0.15) is 5.75 Å². The Labute approximate surface area is 177 Å². The molecule has 0 atom stereocenters. The molecule has 1 saturated heterocycles. The molecule has 0 bridgehead atoms. The molecule has 1 aliphatic heterocycles. The van der Waals surface area contributed by atoms with E-state index in [4.69, 9.17) is 4.74 Å². The number of carbonyl (C=O) groups excluding carboxylic acids is 2. The van der Waals surface area contributed by atoms with Crippen molar-refractivity contribution >= 4 is 17.5 Å². The molecule has 2 aromatic carbocycles. The molecule has 0 radical (unpaired) electrons. The lowest BCUT2D eigenvalue weighted by atomic mass is 10.0. The van der Waals surface area contributed by atoms with Gasteiger partial charge in [-0.1, -0.05) is 24.3 Å². The van der Waals surface area contributed by atoms with E-state index >= 15 is 0 Å². The SMILES string of the molecule is COc1ccccc1C(=O)NC1CCN(c2ccccc2C(=O)NCC2CC2)CC1. The number of amides is 2. The van der Waals surface area contributed by atoms with Gasteiger partial charge >= 0.3 is 0 Å². The lowest BCUT2D eigenvalue weighted by Gasteiger charge is -2.35. The van der Waals surface area contributed by atoms with E-state index in [-0.39, 0.29) is 17.9 Å². The number of methoxy groups -OCH3 is 1. The number of anilines is 1. The van der Waals surface area contributed by atoms with Gasteiger partial charge in [-0.2, -0.15) is 0 Å². The summed E-state index contributed by atoms with van der Waals surface area (Å²) in [5.41, 5.74) is 2.26. The summed E-state index contributed by atoms with van der Waals surface area (Å²) in [5, 5.41) is 6.20. The molecule has 0 unspecified atom stereocenters. The second-order valence-electron chi connectivity index (χ2n) is 8.11. The predicted octanol–water partition coefficient (Wildman–Crippen LogP) is 3.23. The van der Waals surface area contributed by atoms with E-state index in [1.165, 1.54) is 12.8 Å². The molecule has 0 aromatic heterocycles. The quantitative estimate of drug-likeness (QED) is 0.739. The summed E-state index contributed by atoms with van der Waals surface area (Å²) < 4.78 is 5.30. The number of nitrogens with one attached hydrogen (secondary N) is 2. The van der Waals surface area contributed by atoms with Crippen molar-refractivity contribution in [2.75, 3.05) is 31.6 Å². The van der Waals surface area contributed by atoms with Gasteiger partial charge in [-0.25, -0.2) is 0 Å². The molecule has 4 rings (SSSR count). The highest BCUT2D eigenvalue weighted by molar-refractivity contribution is 6.00. The van der Waals surface area contributed by atoms with Crippen LogP contribution in [0.2, 0.25) is 0 Å². The minimum atomic E-state index is -0.106. The summed E-state index contributed by atoms with van der Waals surface area (Å²) in [6.07, 6.45) is 4.10. The number of hydrogen-bond acceptors (Lipinski definition) is 4. The summed E-state index contributed by atoms with van der Waals surface area (Å²) in [5.74, 6) is 1.14. The third-order valence-electron chi connectivity index (χ3n) is 5.92. The van der Waals surface area contributed by atoms with Gasteiger partial charge < -0.3 is 20.3 Å². The first-order valence-corrected chi connectivity index (χ1v) is 10.7. The average Bonchev–Trinajstić information content (AvgIpc) is 3.62. The number of carbonyl (C=O) groups is 2. The fourth-order valence-corrected chi connectivity index (χ4v) is 3.96. The van der Waals surface area contributed by atoms with Gasteiger partial charge in [0.25, 0.3) is 11.8 Å². The lowest BCUT2D eigenvalue weighted by Crippen LogP contribution is -2.45. The standard InChI is InChI=1S/C24H29N3O3/c1-30-22-9-5-3-7-20(22)24(29)26-18-12-14-27(15-13-18)21-8-4-2-6-19(21)23(28)25-16-17-10-11-17/h2-9,17-18H,10-16H2,1H3,(H,25,28)(H,26,29). The number of piperidine rings is 1. The molecule has 2 aromatic rings. The fourth-order valence-electron chi connectivity index (χ4n) is 3.96. The van der Waals surface area contributed by atoms with E-state index in [2.05, 4.69) is 15.5 Å². The Hall–Kier alpha value is -3.02. The molecule has 2 N–H and O–H groups in total. The third kappa shape index (κ3) is 4.75. The third-order valence-corrected chi connectivity index (χ3v) is 5.92. The van der Waals surface area contributed by atoms with Gasteiger partial charge in [0.15, 0.2) is 0 Å². The fraction of sp³-hybridized carbons (Fsp3) is 0.417. The summed E-state index contributed by atoms with van der Waals surface area (Å²) >= 11 is 0. The van der Waals surface area contributed by atoms with Crippen LogP contribution in [0.5, 0.6) is 5.75 Å². The first-order valence-electron chi connectivity index (χ1n) is 10.7. The highest BCUT2D eigenvalue weighted by Gasteiger charge is 2.26. The number of benzene rings is 2. The minimum absolute atomic E-state index is 0.00380. The van der Waals surface area contributed by atoms with Crippen LogP contribution in [0.4, 0.5) is 5.69 Å². The molecular formula is C24H29N3O3. The van der Waals surface area contributed by atoms with Crippen molar-refractivity contribution in [2.45, 2.75) is 31.7 Å². The maximum Gasteiger partial charge on any atom is 0.255 e. The molecule has 2 aliphatic rings. The van der Waals surface area contributed by atoms with E-state index in [1.54, 1.807) is 19.2 Å². The number of nitrogens with zero attached hydrogens (tertiary/aromatic N) is 1. The maximum absolute atomic E-state index is 12.7. The van der Waals surface area contributed by atoms with Gasteiger partial charge in [0.2, 0.25) is 0 Å². The van der Waals surface area contributed by atoms with Crippen LogP contribution in [-0.4, -0.2) is 44.6 Å². The van der Waals surface area contributed by atoms with Crippen LogP contribution in [0, 0.1) is 5.92 Å². The molecule has 0 spiro atoms. The molecule has 1 heterocycles. The van der Waals surface area contributed by atoms with E-state index in [0.29, 0.717) is 17.2 Å². The zero-order valence-electron chi connectivity index (χ0n) is 17.4. The summed E-state index contributed by atoms with van der Waals surface area (Å²) in [4.78, 5) is 27.6. The normalized spacial score (nSPS) is 16.8. The first-order chi connectivity index (χ1) is 14.7. The topological polar surface area (TPSA) is 70.7 Å². The van der Waals surface area contributed by atoms with E-state index in [9.17, 15) is 9.59 Å². The molecule has 1 saturated carbocycles. The predicted molar refractivity (Wildman–Crippen MR) is 117 cm³/mol. The van der Waals surface area contributed by atoms with E-state index < -0.39 is 0 Å². The molecular weight excluding hydrogens is 378 g/mol. The van der Waals surface area contributed by atoms with Gasteiger partial charge in [-0.15, -0.1) is 0 Å². The molecule has 30 heavy (non-hydrogen) atoms. The maximum atomic E-state index is 12.7. The van der Waals surface area contributed by atoms with E-state index in [0.717, 1.165) is 43.7 Å². The highest BCUT2D eigenvalue weighted by Crippen LogP contribution is 2.28. The Balaban J connectivity index is 1.35. The van der Waals surface area contributed by atoms with Gasteiger partial charge in [0.05, 0.1) is 18.2 Å². The molecule has 1 aliphatic carbocycles. The average molecular weight is 408 g/mol. The van der Waals surface area contributed by atoms with Crippen LogP contribution in [-0.2, 0) is 0 Å². The van der Waals surface area contributed by atoms with Crippen LogP contribution < -0.4 is 20.3 Å². The highest BCUT2D eigenvalue weighted by atomic mass is 16.5. The zero-order valence-corrected chi connectivity index (χ0v) is 17.4. The molecule has 2 amide bonds. The Kier molecular flexibility index (Phi) is 6.21. The number of rotatable bonds is 7. The Bertz CT molecular complexity index is 902. The van der Waals surface area contributed by atoms with Crippen molar-refractivity contribution in [1.82, 2.24) is 10.6 Å². The molecule has 2 fully saturated rings. The Morgan fingerprint density at radius 1 is 0.933 bits per heavy atom. The summed E-state index contributed by atoms with van der Waals surface area (Å²) in [7, 11) is 1.57. The van der Waals surface area contributed by atoms with Crippen LogP contribution >= 0.6 is 0 Å². The zero-order chi connectivity index (χ0) is 20.9. The largest absolute Gasteiger partial charge is 0.496 e. The van der Waals surface area contributed by atoms with Gasteiger partial charge in [-0.3, -0.25) is 9.59 Å². The first kappa shape index (κ1) is 20.3. The lowest BCUT2D eigenvalue weighted by molar-refractivity contribution is 0.0926. The molecule has 158 valence electrons. The second kappa shape index (κ2) is 9.20. The van der Waals surface area contributed by atoms with Crippen LogP contribution in [0.25, 0.3) is 0 Å². The Morgan fingerprint density at radius 2 is 1.60 bits per heavy atom. The van der Waals surface area contributed by atoms with Crippen molar-refractivity contribution in [3.05, 3.63) is 59.7 Å². The van der Waals surface area contributed by atoms with Crippen LogP contribution in [0.1, 0.15) is 46.4 Å². The second-order valence-corrected chi connectivity index (χ2v) is 8.11. The van der Waals surface area contributed by atoms with Crippen LogP contribution in [0.15, 0.2) is 48.5 Å². The minimum Gasteiger partial charge on any atom is -0.496 e. The molecule has 6 heteroatoms. The van der Waals surface area contributed by atoms with E-state index in [1.807, 2.05) is 36.4 Å². The van der Waals surface area contributed by atoms with Crippen molar-refractivity contribution in [3.8, 4) is 5.75 Å². The van der Waals surface area contributed by atoms with Gasteiger partial charge in [0, 0.05) is 31.4 Å². The van der Waals surface area contributed by atoms with Crippen molar-refractivity contribution in [2.24, 2.45) is 5.92 Å². The number of hydrogen-bond donors (Lipinski definition) is 2. The van der Waals surface area contributed by atoms with Crippen LogP contribution in [0.3, 0.4) is 0 Å². The molecule has 6 nitrogen and oxygen atoms in total. The van der Waals surface area contributed by atoms with Gasteiger partial charge in [-0.05, 0) is 55.9 Å². The summed E-state index contributed by atoms with van der Waals surface area (Å²) in [6.45, 7) is 2.36. The number of para-hydroxylation sites is 2. The Morgan fingerprint density at radius 3 is 2.30 bits per heavy atom. The number of ether oxygens (including phenoxy) is 1. The summed E-state index contributed by atoms with van der Waals surface area (Å²) in [6, 6.07) is 15.2. The monoisotopic (exact) mass is 407 g/mol. The van der Waals surface area contributed by atoms with Crippen molar-refractivity contribution in [3.63, 3.8) is 0 Å². The van der Waals surface area contributed by atoms with Crippen molar-refractivity contribution in [1.29, 1.82) is 0 Å². The van der Waals surface area contributed by atoms with Crippen molar-refractivity contribution < 1.29 is 14.3 Å².